The lowest BCUT2D eigenvalue weighted by molar-refractivity contribution is -0.759. The monoisotopic (exact) mass is 281 g/mol. The highest BCUT2D eigenvalue weighted by Gasteiger charge is 2.11. The highest BCUT2D eigenvalue weighted by atomic mass is 35.5. The fourth-order valence-electron chi connectivity index (χ4n) is 0.995. The first-order chi connectivity index (χ1) is 8.00. The number of aliphatic hydroxyl groups is 1. The van der Waals surface area contributed by atoms with Gasteiger partial charge in [-0.2, -0.15) is 0 Å². The molecule has 0 amide bonds. The molecule has 0 spiro atoms. The molecule has 0 aliphatic heterocycles. The molecule has 1 N–H and O–H groups in total. The van der Waals surface area contributed by atoms with Crippen LogP contribution in [-0.4, -0.2) is 29.5 Å². The Balaban J connectivity index is 2.47. The zero-order valence-corrected chi connectivity index (χ0v) is 10.0. The molecular weight excluding hydrogens is 273 g/mol. The molecule has 17 heavy (non-hydrogen) atoms. The Morgan fingerprint density at radius 2 is 1.94 bits per heavy atom. The van der Waals surface area contributed by atoms with Crippen molar-refractivity contribution in [2.75, 3.05) is 13.2 Å². The molecule has 1 aromatic rings. The number of hydrogen-bond donors (Lipinski definition) is 1. The molecule has 0 radical (unpaired) electrons. The number of hydrogen-bond acceptors (Lipinski definition) is 5. The molecule has 0 aliphatic carbocycles. The first kappa shape index (κ1) is 13.8. The van der Waals surface area contributed by atoms with E-state index in [2.05, 4.69) is 4.84 Å². The van der Waals surface area contributed by atoms with Crippen LogP contribution in [0.15, 0.2) is 18.2 Å². The first-order valence-corrected chi connectivity index (χ1v) is 5.28. The minimum atomic E-state index is -1.15. The number of ether oxygens (including phenoxy) is 1. The average Bonchev–Trinajstić information content (AvgIpc) is 2.25. The number of aliphatic hydroxyl groups excluding tert-OH is 1. The van der Waals surface area contributed by atoms with Crippen molar-refractivity contribution >= 4 is 23.2 Å². The number of nitrogens with zero attached hydrogens (tertiary/aromatic N) is 1. The Morgan fingerprint density at radius 3 is 2.47 bits per heavy atom. The molecule has 0 saturated heterocycles. The maximum atomic E-state index is 9.88. The number of para-hydroxylation sites is 1. The van der Waals surface area contributed by atoms with Crippen LogP contribution in [0.25, 0.3) is 0 Å². The lowest BCUT2D eigenvalue weighted by atomic mass is 10.3. The van der Waals surface area contributed by atoms with Crippen molar-refractivity contribution in [3.63, 3.8) is 0 Å². The third-order valence-corrected chi connectivity index (χ3v) is 2.31. The minimum Gasteiger partial charge on any atom is -0.488 e. The summed E-state index contributed by atoms with van der Waals surface area (Å²) in [5.41, 5.74) is 0. The van der Waals surface area contributed by atoms with Gasteiger partial charge in [-0.25, -0.2) is 0 Å². The molecule has 0 saturated carbocycles. The van der Waals surface area contributed by atoms with Crippen LogP contribution < -0.4 is 4.74 Å². The van der Waals surface area contributed by atoms with E-state index < -0.39 is 17.8 Å². The van der Waals surface area contributed by atoms with Gasteiger partial charge >= 0.3 is 0 Å². The van der Waals surface area contributed by atoms with Gasteiger partial charge < -0.3 is 14.7 Å². The molecule has 1 aromatic carbocycles. The molecule has 8 heteroatoms. The normalized spacial score (nSPS) is 11.9. The Morgan fingerprint density at radius 1 is 1.35 bits per heavy atom. The standard InChI is InChI=1S/C9H9Cl2NO5/c10-7-2-1-3-8(11)9(7)16-4-6(13)5-17-12(14)15/h1-3,6,13H,4-5H2/t6-/m0/s1. The molecule has 1 rings (SSSR count). The molecule has 0 heterocycles. The van der Waals surface area contributed by atoms with Crippen LogP contribution >= 0.6 is 23.2 Å². The van der Waals surface area contributed by atoms with Gasteiger partial charge in [-0.15, -0.1) is 10.1 Å². The van der Waals surface area contributed by atoms with Gasteiger partial charge in [0.05, 0.1) is 10.0 Å². The topological polar surface area (TPSA) is 81.8 Å². The first-order valence-electron chi connectivity index (χ1n) is 4.53. The van der Waals surface area contributed by atoms with Crippen molar-refractivity contribution in [2.45, 2.75) is 6.10 Å². The maximum Gasteiger partial charge on any atom is 0.294 e. The summed E-state index contributed by atoms with van der Waals surface area (Å²) >= 11 is 11.6. The van der Waals surface area contributed by atoms with Gasteiger partial charge in [0.2, 0.25) is 0 Å². The molecule has 6 nitrogen and oxygen atoms in total. The fraction of sp³-hybridized carbons (Fsp3) is 0.333. The summed E-state index contributed by atoms with van der Waals surface area (Å²) in [7, 11) is 0. The molecule has 0 bridgehead atoms. The van der Waals surface area contributed by atoms with Gasteiger partial charge in [-0.1, -0.05) is 29.3 Å². The van der Waals surface area contributed by atoms with Crippen molar-refractivity contribution in [3.8, 4) is 5.75 Å². The Bertz CT molecular complexity index is 381. The zero-order valence-electron chi connectivity index (χ0n) is 8.51. The smallest absolute Gasteiger partial charge is 0.294 e. The van der Waals surface area contributed by atoms with Crippen molar-refractivity contribution in [2.24, 2.45) is 0 Å². The summed E-state index contributed by atoms with van der Waals surface area (Å²) in [5, 5.41) is 18.8. The van der Waals surface area contributed by atoms with Crippen molar-refractivity contribution in [1.82, 2.24) is 0 Å². The van der Waals surface area contributed by atoms with Crippen LogP contribution in [0.5, 0.6) is 5.75 Å². The van der Waals surface area contributed by atoms with E-state index in [1.165, 1.54) is 0 Å². The van der Waals surface area contributed by atoms with Gasteiger partial charge in [0.15, 0.2) is 5.75 Å². The predicted octanol–water partition coefficient (Wildman–Crippen LogP) is 1.94. The molecule has 0 fully saturated rings. The summed E-state index contributed by atoms with van der Waals surface area (Å²) in [6.07, 6.45) is -1.15. The number of benzene rings is 1. The van der Waals surface area contributed by atoms with Gasteiger partial charge in [-0.05, 0) is 12.1 Å². The van der Waals surface area contributed by atoms with E-state index in [-0.39, 0.29) is 12.4 Å². The van der Waals surface area contributed by atoms with Gasteiger partial charge in [0, 0.05) is 0 Å². The third-order valence-electron chi connectivity index (χ3n) is 1.71. The minimum absolute atomic E-state index is 0.211. The molecule has 1 atom stereocenters. The lowest BCUT2D eigenvalue weighted by Gasteiger charge is -2.13. The van der Waals surface area contributed by atoms with E-state index in [0.717, 1.165) is 0 Å². The van der Waals surface area contributed by atoms with E-state index in [1.54, 1.807) is 18.2 Å². The molecule has 0 aliphatic rings. The quantitative estimate of drug-likeness (QED) is 0.637. The van der Waals surface area contributed by atoms with Gasteiger partial charge in [0.1, 0.15) is 19.3 Å². The second-order valence-electron chi connectivity index (χ2n) is 3.03. The van der Waals surface area contributed by atoms with E-state index in [4.69, 9.17) is 27.9 Å². The zero-order chi connectivity index (χ0) is 12.8. The van der Waals surface area contributed by atoms with E-state index in [9.17, 15) is 15.2 Å². The highest BCUT2D eigenvalue weighted by molar-refractivity contribution is 6.37. The number of rotatable bonds is 6. The molecule has 0 unspecified atom stereocenters. The largest absolute Gasteiger partial charge is 0.488 e. The van der Waals surface area contributed by atoms with Crippen LogP contribution in [0.3, 0.4) is 0 Å². The van der Waals surface area contributed by atoms with Crippen LogP contribution in [-0.2, 0) is 4.84 Å². The third kappa shape index (κ3) is 4.64. The van der Waals surface area contributed by atoms with Crippen molar-refractivity contribution < 1.29 is 19.8 Å². The summed E-state index contributed by atoms with van der Waals surface area (Å²) in [4.78, 5) is 13.9. The fourth-order valence-corrected chi connectivity index (χ4v) is 1.50. The van der Waals surface area contributed by atoms with Gasteiger partial charge in [-0.3, -0.25) is 0 Å². The van der Waals surface area contributed by atoms with Crippen LogP contribution in [0.1, 0.15) is 0 Å². The summed E-state index contributed by atoms with van der Waals surface area (Å²) < 4.78 is 5.15. The van der Waals surface area contributed by atoms with Crippen LogP contribution in [0.4, 0.5) is 0 Å². The Hall–Kier alpha value is -1.24. The van der Waals surface area contributed by atoms with Gasteiger partial charge in [0.25, 0.3) is 5.09 Å². The molecule has 94 valence electrons. The SMILES string of the molecule is O=[N+]([O-])OC[C@@H](O)COc1c(Cl)cccc1Cl. The van der Waals surface area contributed by atoms with Crippen molar-refractivity contribution in [1.29, 1.82) is 0 Å². The van der Waals surface area contributed by atoms with E-state index >= 15 is 0 Å². The van der Waals surface area contributed by atoms with Crippen LogP contribution in [0.2, 0.25) is 10.0 Å². The average molecular weight is 282 g/mol. The maximum absolute atomic E-state index is 9.88. The van der Waals surface area contributed by atoms with Crippen LogP contribution in [0, 0.1) is 10.1 Å². The van der Waals surface area contributed by atoms with E-state index in [1.807, 2.05) is 0 Å². The predicted molar refractivity (Wildman–Crippen MR) is 60.9 cm³/mol. The second kappa shape index (κ2) is 6.48. The van der Waals surface area contributed by atoms with Crippen molar-refractivity contribution in [3.05, 3.63) is 38.4 Å². The summed E-state index contributed by atoms with van der Waals surface area (Å²) in [6, 6.07) is 4.79. The summed E-state index contributed by atoms with van der Waals surface area (Å²) in [5.74, 6) is 0.219. The van der Waals surface area contributed by atoms with E-state index in [0.29, 0.717) is 10.0 Å². The Labute approximate surface area is 107 Å². The number of halogens is 2. The molecular formula is C9H9Cl2NO5. The Kier molecular flexibility index (Phi) is 5.27. The molecule has 0 aromatic heterocycles. The highest BCUT2D eigenvalue weighted by Crippen LogP contribution is 2.32. The second-order valence-corrected chi connectivity index (χ2v) is 3.85. The lowest BCUT2D eigenvalue weighted by Crippen LogP contribution is -2.25. The summed E-state index contributed by atoms with van der Waals surface area (Å²) in [6.45, 7) is -0.688.